The molecule has 0 radical (unpaired) electrons. The molecule has 0 aliphatic heterocycles. The maximum atomic E-state index is 12.7. The molecule has 0 unspecified atom stereocenters. The molecular formula is C14H12FNO2. The molecule has 2 aromatic rings. The zero-order valence-electron chi connectivity index (χ0n) is 9.60. The van der Waals surface area contributed by atoms with Gasteiger partial charge in [0.2, 0.25) is 0 Å². The lowest BCUT2D eigenvalue weighted by Gasteiger charge is -2.05. The summed E-state index contributed by atoms with van der Waals surface area (Å²) in [5.74, 6) is -0.747. The lowest BCUT2D eigenvalue weighted by atomic mass is 10.2. The van der Waals surface area contributed by atoms with Gasteiger partial charge in [-0.05, 0) is 42.0 Å². The molecule has 18 heavy (non-hydrogen) atoms. The highest BCUT2D eigenvalue weighted by Crippen LogP contribution is 2.09. The Kier molecular flexibility index (Phi) is 3.57. The van der Waals surface area contributed by atoms with Gasteiger partial charge in [0.1, 0.15) is 12.4 Å². The van der Waals surface area contributed by atoms with Crippen LogP contribution >= 0.6 is 0 Å². The first-order valence-electron chi connectivity index (χ1n) is 5.42. The van der Waals surface area contributed by atoms with E-state index in [4.69, 9.17) is 10.5 Å². The minimum Gasteiger partial charge on any atom is -0.457 e. The molecule has 0 aromatic heterocycles. The monoisotopic (exact) mass is 245 g/mol. The highest BCUT2D eigenvalue weighted by Gasteiger charge is 2.06. The van der Waals surface area contributed by atoms with Crippen LogP contribution in [0.4, 0.5) is 10.1 Å². The van der Waals surface area contributed by atoms with Gasteiger partial charge >= 0.3 is 5.97 Å². The first-order valence-corrected chi connectivity index (χ1v) is 5.42. The van der Waals surface area contributed by atoms with Crippen LogP contribution in [0.25, 0.3) is 0 Å². The number of nitrogen functional groups attached to an aromatic ring is 1. The Labute approximate surface area is 104 Å². The van der Waals surface area contributed by atoms with Crippen LogP contribution in [0.1, 0.15) is 15.9 Å². The van der Waals surface area contributed by atoms with Gasteiger partial charge in [0.25, 0.3) is 0 Å². The Balaban J connectivity index is 1.96. The van der Waals surface area contributed by atoms with E-state index >= 15 is 0 Å². The summed E-state index contributed by atoms with van der Waals surface area (Å²) in [6, 6.07) is 12.3. The third kappa shape index (κ3) is 3.07. The molecular weight excluding hydrogens is 233 g/mol. The summed E-state index contributed by atoms with van der Waals surface area (Å²) in [5.41, 5.74) is 7.28. The number of carbonyl (C=O) groups is 1. The van der Waals surface area contributed by atoms with E-state index in [1.807, 2.05) is 0 Å². The van der Waals surface area contributed by atoms with Gasteiger partial charge in [0.15, 0.2) is 0 Å². The minimum absolute atomic E-state index is 0.115. The second-order valence-corrected chi connectivity index (χ2v) is 3.82. The number of anilines is 1. The molecule has 0 spiro atoms. The largest absolute Gasteiger partial charge is 0.457 e. The van der Waals surface area contributed by atoms with Crippen LogP contribution in [0.3, 0.4) is 0 Å². The molecule has 2 rings (SSSR count). The first-order chi connectivity index (χ1) is 8.65. The third-order valence-electron chi connectivity index (χ3n) is 2.43. The second kappa shape index (κ2) is 5.31. The van der Waals surface area contributed by atoms with Crippen LogP contribution in [-0.2, 0) is 11.3 Å². The summed E-state index contributed by atoms with van der Waals surface area (Å²) < 4.78 is 17.8. The molecule has 2 aromatic carbocycles. The molecule has 0 atom stereocenters. The number of rotatable bonds is 3. The number of esters is 1. The lowest BCUT2D eigenvalue weighted by Crippen LogP contribution is -2.05. The smallest absolute Gasteiger partial charge is 0.338 e. The second-order valence-electron chi connectivity index (χ2n) is 3.82. The maximum absolute atomic E-state index is 12.7. The van der Waals surface area contributed by atoms with Crippen molar-refractivity contribution < 1.29 is 13.9 Å². The predicted octanol–water partition coefficient (Wildman–Crippen LogP) is 2.76. The van der Waals surface area contributed by atoms with Crippen molar-refractivity contribution >= 4 is 11.7 Å². The van der Waals surface area contributed by atoms with E-state index in [1.54, 1.807) is 36.4 Å². The van der Waals surface area contributed by atoms with Crippen LogP contribution in [0.5, 0.6) is 0 Å². The van der Waals surface area contributed by atoms with Gasteiger partial charge in [-0.1, -0.05) is 12.1 Å². The minimum atomic E-state index is -0.431. The van der Waals surface area contributed by atoms with Crippen LogP contribution in [0.15, 0.2) is 48.5 Å². The molecule has 92 valence electrons. The van der Waals surface area contributed by atoms with Crippen molar-refractivity contribution in [1.82, 2.24) is 0 Å². The molecule has 0 saturated carbocycles. The van der Waals surface area contributed by atoms with Crippen LogP contribution in [0.2, 0.25) is 0 Å². The van der Waals surface area contributed by atoms with Crippen molar-refractivity contribution in [3.05, 3.63) is 65.5 Å². The zero-order valence-corrected chi connectivity index (χ0v) is 9.60. The van der Waals surface area contributed by atoms with Crippen molar-refractivity contribution in [1.29, 1.82) is 0 Å². The predicted molar refractivity (Wildman–Crippen MR) is 66.4 cm³/mol. The lowest BCUT2D eigenvalue weighted by molar-refractivity contribution is 0.0472. The van der Waals surface area contributed by atoms with Gasteiger partial charge in [-0.15, -0.1) is 0 Å². The van der Waals surface area contributed by atoms with Gasteiger partial charge in [-0.2, -0.15) is 0 Å². The number of ether oxygens (including phenoxy) is 1. The zero-order chi connectivity index (χ0) is 13.0. The van der Waals surface area contributed by atoms with Crippen molar-refractivity contribution in [2.45, 2.75) is 6.61 Å². The summed E-state index contributed by atoms with van der Waals surface area (Å²) in [4.78, 5) is 11.7. The van der Waals surface area contributed by atoms with Crippen molar-refractivity contribution in [3.63, 3.8) is 0 Å². The molecule has 0 amide bonds. The first kappa shape index (κ1) is 12.1. The van der Waals surface area contributed by atoms with E-state index in [0.29, 0.717) is 11.3 Å². The summed E-state index contributed by atoms with van der Waals surface area (Å²) in [7, 11) is 0. The Bertz CT molecular complexity index is 535. The molecule has 0 aliphatic rings. The van der Waals surface area contributed by atoms with Gasteiger partial charge < -0.3 is 10.5 Å². The van der Waals surface area contributed by atoms with Crippen LogP contribution < -0.4 is 5.73 Å². The normalized spacial score (nSPS) is 10.1. The number of benzene rings is 2. The van der Waals surface area contributed by atoms with Crippen LogP contribution in [-0.4, -0.2) is 5.97 Å². The van der Waals surface area contributed by atoms with Crippen molar-refractivity contribution in [2.75, 3.05) is 5.73 Å². The molecule has 0 saturated heterocycles. The van der Waals surface area contributed by atoms with E-state index in [-0.39, 0.29) is 12.4 Å². The highest BCUT2D eigenvalue weighted by atomic mass is 19.1. The van der Waals surface area contributed by atoms with Gasteiger partial charge in [0.05, 0.1) is 5.56 Å². The van der Waals surface area contributed by atoms with Crippen molar-refractivity contribution in [3.8, 4) is 0 Å². The van der Waals surface area contributed by atoms with E-state index in [9.17, 15) is 9.18 Å². The fourth-order valence-electron chi connectivity index (χ4n) is 1.43. The van der Waals surface area contributed by atoms with Gasteiger partial charge in [0, 0.05) is 5.69 Å². The van der Waals surface area contributed by atoms with E-state index in [2.05, 4.69) is 0 Å². The molecule has 4 heteroatoms. The van der Waals surface area contributed by atoms with E-state index in [1.165, 1.54) is 12.1 Å². The topological polar surface area (TPSA) is 52.3 Å². The number of halogens is 1. The molecule has 0 aliphatic carbocycles. The quantitative estimate of drug-likeness (QED) is 0.668. The molecule has 0 heterocycles. The Morgan fingerprint density at radius 1 is 1.06 bits per heavy atom. The molecule has 3 nitrogen and oxygen atoms in total. The number of hydrogen-bond acceptors (Lipinski definition) is 3. The Morgan fingerprint density at radius 2 is 1.67 bits per heavy atom. The molecule has 2 N–H and O–H groups in total. The summed E-state index contributed by atoms with van der Waals surface area (Å²) in [6.07, 6.45) is 0. The average Bonchev–Trinajstić information content (AvgIpc) is 2.38. The number of nitrogens with two attached hydrogens (primary N) is 1. The molecule has 0 bridgehead atoms. The van der Waals surface area contributed by atoms with Crippen LogP contribution in [0, 0.1) is 5.82 Å². The van der Waals surface area contributed by atoms with Gasteiger partial charge in [-0.25, -0.2) is 9.18 Å². The van der Waals surface area contributed by atoms with E-state index < -0.39 is 5.97 Å². The SMILES string of the molecule is Nc1ccc(C(=O)OCc2ccc(F)cc2)cc1. The number of carbonyl (C=O) groups excluding carboxylic acids is 1. The summed E-state index contributed by atoms with van der Waals surface area (Å²) >= 11 is 0. The van der Waals surface area contributed by atoms with Gasteiger partial charge in [-0.3, -0.25) is 0 Å². The third-order valence-corrected chi connectivity index (χ3v) is 2.43. The Morgan fingerprint density at radius 3 is 2.28 bits per heavy atom. The Hall–Kier alpha value is -2.36. The standard InChI is InChI=1S/C14H12FNO2/c15-12-5-1-10(2-6-12)9-18-14(17)11-3-7-13(16)8-4-11/h1-8H,9,16H2. The maximum Gasteiger partial charge on any atom is 0.338 e. The summed E-state index contributed by atoms with van der Waals surface area (Å²) in [5, 5.41) is 0. The molecule has 0 fully saturated rings. The summed E-state index contributed by atoms with van der Waals surface area (Å²) in [6.45, 7) is 0.115. The van der Waals surface area contributed by atoms with E-state index in [0.717, 1.165) is 5.56 Å². The number of hydrogen-bond donors (Lipinski definition) is 1. The highest BCUT2D eigenvalue weighted by molar-refractivity contribution is 5.89. The fourth-order valence-corrected chi connectivity index (χ4v) is 1.43. The average molecular weight is 245 g/mol. The fraction of sp³-hybridized carbons (Fsp3) is 0.0714. The van der Waals surface area contributed by atoms with Crippen molar-refractivity contribution in [2.24, 2.45) is 0 Å².